The van der Waals surface area contributed by atoms with Gasteiger partial charge in [-0.3, -0.25) is 19.2 Å². The molecule has 0 aliphatic carbocycles. The van der Waals surface area contributed by atoms with Crippen LogP contribution in [0.4, 0.5) is 0 Å². The standard InChI is InChI=1S/C14H19N3O9/c1-6(18)23-5-10-9(4-11(21)22)12(24-7(2)19)13(25-8(3)20)14(26-10)16-17-15/h9-10,12-15H,4-5H2,1-3H3/p+1/t9-,10+,12+,13+,14+/m1/s1. The molecule has 1 fully saturated rings. The number of rotatable bonds is 7. The van der Waals surface area contributed by atoms with Crippen LogP contribution in [0.3, 0.4) is 0 Å². The molecule has 0 aromatic carbocycles. The first-order chi connectivity index (χ1) is 12.1. The largest absolute Gasteiger partial charge is 0.481 e. The number of esters is 3. The maximum Gasteiger partial charge on any atom is 0.303 e. The third-order valence-electron chi connectivity index (χ3n) is 3.46. The predicted octanol–water partition coefficient (Wildman–Crippen LogP) is -0.221. The minimum Gasteiger partial charge on any atom is -0.481 e. The molecule has 0 bridgehead atoms. The Morgan fingerprint density at radius 1 is 1.08 bits per heavy atom. The lowest BCUT2D eigenvalue weighted by molar-refractivity contribution is -0.233. The van der Waals surface area contributed by atoms with Crippen molar-refractivity contribution in [1.29, 1.82) is 5.53 Å². The van der Waals surface area contributed by atoms with Gasteiger partial charge in [0.25, 0.3) is 6.23 Å². The third-order valence-corrected chi connectivity index (χ3v) is 3.46. The van der Waals surface area contributed by atoms with Crippen molar-refractivity contribution in [2.45, 2.75) is 51.7 Å². The number of carboxylic acids is 1. The summed E-state index contributed by atoms with van der Waals surface area (Å²) in [5.41, 5.74) is 6.87. The van der Waals surface area contributed by atoms with Crippen molar-refractivity contribution in [3.63, 3.8) is 0 Å². The van der Waals surface area contributed by atoms with Crippen molar-refractivity contribution in [3.05, 3.63) is 0 Å². The fourth-order valence-electron chi connectivity index (χ4n) is 2.60. The molecule has 1 saturated heterocycles. The van der Waals surface area contributed by atoms with Gasteiger partial charge in [-0.15, -0.1) is 0 Å². The molecule has 0 spiro atoms. The second-order valence-electron chi connectivity index (χ2n) is 5.49. The van der Waals surface area contributed by atoms with E-state index >= 15 is 0 Å². The summed E-state index contributed by atoms with van der Waals surface area (Å²) in [4.78, 5) is 48.0. The van der Waals surface area contributed by atoms with Gasteiger partial charge in [0.05, 0.1) is 6.42 Å². The molecule has 0 radical (unpaired) electrons. The summed E-state index contributed by atoms with van der Waals surface area (Å²) in [6.45, 7) is 3.00. The van der Waals surface area contributed by atoms with Gasteiger partial charge in [-0.05, 0) is 0 Å². The molecule has 2 N–H and O–H groups in total. The topological polar surface area (TPSA) is 176 Å². The summed E-state index contributed by atoms with van der Waals surface area (Å²) in [5, 5.41) is 12.6. The Bertz CT molecular complexity index is 617. The number of ether oxygens (including phenoxy) is 4. The van der Waals surface area contributed by atoms with Crippen LogP contribution >= 0.6 is 0 Å². The first-order valence-corrected chi connectivity index (χ1v) is 7.57. The average Bonchev–Trinajstić information content (AvgIpc) is 2.50. The highest BCUT2D eigenvalue weighted by Crippen LogP contribution is 2.33. The summed E-state index contributed by atoms with van der Waals surface area (Å²) < 4.78 is 20.6. The summed E-state index contributed by atoms with van der Waals surface area (Å²) in [6, 6.07) is 0. The Morgan fingerprint density at radius 3 is 2.12 bits per heavy atom. The number of carbonyl (C=O) groups excluding carboxylic acids is 3. The van der Waals surface area contributed by atoms with E-state index in [1.807, 2.05) is 0 Å². The molecule has 12 nitrogen and oxygen atoms in total. The molecule has 1 aliphatic heterocycles. The molecule has 0 unspecified atom stereocenters. The molecule has 26 heavy (non-hydrogen) atoms. The van der Waals surface area contributed by atoms with Gasteiger partial charge in [-0.1, -0.05) is 0 Å². The molecule has 1 aliphatic rings. The SMILES string of the molecule is CC(=O)OC[C@@H]1O[C@H](N=[N+]=N)[C@@H](OC(C)=O)[C@@H](OC(C)=O)[C@@H]1CC(=O)O. The summed E-state index contributed by atoms with van der Waals surface area (Å²) >= 11 is 0. The minimum absolute atomic E-state index is 0.345. The Labute approximate surface area is 148 Å². The second-order valence-corrected chi connectivity index (χ2v) is 5.49. The van der Waals surface area contributed by atoms with E-state index in [2.05, 4.69) is 10.0 Å². The van der Waals surface area contributed by atoms with Gasteiger partial charge in [0.15, 0.2) is 11.2 Å². The number of hydrogen-bond acceptors (Lipinski definition) is 10. The summed E-state index contributed by atoms with van der Waals surface area (Å²) in [5.74, 6) is -4.37. The highest BCUT2D eigenvalue weighted by molar-refractivity contribution is 5.69. The number of nitrogens with zero attached hydrogens (tertiary/aromatic N) is 2. The number of nitrogens with one attached hydrogen (secondary N) is 1. The Morgan fingerprint density at radius 2 is 1.65 bits per heavy atom. The van der Waals surface area contributed by atoms with Crippen LogP contribution in [-0.2, 0) is 38.1 Å². The normalized spacial score (nSPS) is 27.6. The number of carbonyl (C=O) groups is 4. The molecule has 1 rings (SSSR count). The third kappa shape index (κ3) is 6.22. The van der Waals surface area contributed by atoms with Crippen LogP contribution in [0.1, 0.15) is 27.2 Å². The molecule has 0 aromatic heterocycles. The fourth-order valence-corrected chi connectivity index (χ4v) is 2.60. The van der Waals surface area contributed by atoms with Crippen molar-refractivity contribution in [1.82, 2.24) is 4.91 Å². The number of hydrogen-bond donors (Lipinski definition) is 2. The smallest absolute Gasteiger partial charge is 0.303 e. The lowest BCUT2D eigenvalue weighted by Gasteiger charge is -2.41. The van der Waals surface area contributed by atoms with Crippen LogP contribution < -0.4 is 4.91 Å². The van der Waals surface area contributed by atoms with Crippen LogP contribution in [0, 0.1) is 11.4 Å². The van der Waals surface area contributed by atoms with Gasteiger partial charge in [-0.25, -0.2) is 0 Å². The molecule has 12 heteroatoms. The Hall–Kier alpha value is -2.85. The molecule has 0 aromatic rings. The van der Waals surface area contributed by atoms with Crippen molar-refractivity contribution < 1.29 is 43.2 Å². The summed E-state index contributed by atoms with van der Waals surface area (Å²) in [7, 11) is 0. The maximum atomic E-state index is 11.5. The molecule has 0 amide bonds. The van der Waals surface area contributed by atoms with Gasteiger partial charge < -0.3 is 24.1 Å². The molecular formula is C14H20N3O9+. The van der Waals surface area contributed by atoms with Crippen LogP contribution in [0.15, 0.2) is 5.11 Å². The van der Waals surface area contributed by atoms with Crippen LogP contribution in [0.25, 0.3) is 0 Å². The Kier molecular flexibility index (Phi) is 7.81. The van der Waals surface area contributed by atoms with E-state index < -0.39 is 60.8 Å². The van der Waals surface area contributed by atoms with Gasteiger partial charge >= 0.3 is 23.9 Å². The zero-order valence-corrected chi connectivity index (χ0v) is 14.4. The first kappa shape index (κ1) is 21.2. The van der Waals surface area contributed by atoms with Crippen molar-refractivity contribution in [3.8, 4) is 0 Å². The highest BCUT2D eigenvalue weighted by atomic mass is 16.6. The van der Waals surface area contributed by atoms with Crippen molar-refractivity contribution in [2.75, 3.05) is 6.61 Å². The monoisotopic (exact) mass is 374 g/mol. The molecular weight excluding hydrogens is 354 g/mol. The lowest BCUT2D eigenvalue weighted by Crippen LogP contribution is -2.58. The van der Waals surface area contributed by atoms with Crippen LogP contribution in [0.2, 0.25) is 0 Å². The van der Waals surface area contributed by atoms with E-state index in [-0.39, 0.29) is 6.61 Å². The first-order valence-electron chi connectivity index (χ1n) is 7.57. The van der Waals surface area contributed by atoms with E-state index in [0.717, 1.165) is 20.8 Å². The van der Waals surface area contributed by atoms with Gasteiger partial charge in [0.1, 0.15) is 24.3 Å². The highest BCUT2D eigenvalue weighted by Gasteiger charge is 2.52. The van der Waals surface area contributed by atoms with Crippen molar-refractivity contribution >= 4 is 23.9 Å². The average molecular weight is 374 g/mol. The molecule has 1 heterocycles. The van der Waals surface area contributed by atoms with E-state index in [1.165, 1.54) is 0 Å². The number of carboxylic acid groups (broad SMARTS) is 1. The van der Waals surface area contributed by atoms with Crippen molar-refractivity contribution in [2.24, 2.45) is 11.0 Å². The zero-order valence-electron chi connectivity index (χ0n) is 14.4. The quantitative estimate of drug-likeness (QED) is 0.264. The van der Waals surface area contributed by atoms with E-state index in [4.69, 9.17) is 29.6 Å². The van der Waals surface area contributed by atoms with Gasteiger partial charge in [0.2, 0.25) is 4.91 Å². The van der Waals surface area contributed by atoms with E-state index in [9.17, 15) is 19.2 Å². The molecule has 5 atom stereocenters. The van der Waals surface area contributed by atoms with E-state index in [0.29, 0.717) is 0 Å². The van der Waals surface area contributed by atoms with Crippen LogP contribution in [-0.4, -0.2) is 60.1 Å². The second kappa shape index (κ2) is 9.59. The Balaban J connectivity index is 3.28. The predicted molar refractivity (Wildman–Crippen MR) is 79.4 cm³/mol. The molecule has 0 saturated carbocycles. The zero-order chi connectivity index (χ0) is 19.9. The van der Waals surface area contributed by atoms with Gasteiger partial charge in [-0.2, -0.15) is 0 Å². The lowest BCUT2D eigenvalue weighted by atomic mass is 9.85. The van der Waals surface area contributed by atoms with E-state index in [1.54, 1.807) is 0 Å². The minimum atomic E-state index is -1.34. The van der Waals surface area contributed by atoms with Crippen LogP contribution in [0.5, 0.6) is 0 Å². The maximum absolute atomic E-state index is 11.5. The summed E-state index contributed by atoms with van der Waals surface area (Å²) in [6.07, 6.45) is -5.47. The molecule has 144 valence electrons. The van der Waals surface area contributed by atoms with Gasteiger partial charge in [0, 0.05) is 26.7 Å². The number of aliphatic carboxylic acids is 1. The fraction of sp³-hybridized carbons (Fsp3) is 0.714.